The van der Waals surface area contributed by atoms with Gasteiger partial charge in [0.05, 0.1) is 0 Å². The van der Waals surface area contributed by atoms with E-state index in [-0.39, 0.29) is 5.91 Å². The third kappa shape index (κ3) is 3.06. The molecule has 0 radical (unpaired) electrons. The summed E-state index contributed by atoms with van der Waals surface area (Å²) in [7, 11) is 5.49. The summed E-state index contributed by atoms with van der Waals surface area (Å²) in [5.74, 6) is 0.0195. The smallest absolute Gasteiger partial charge is 0.271 e. The first-order chi connectivity index (χ1) is 7.16. The summed E-state index contributed by atoms with van der Waals surface area (Å²) < 4.78 is 1.59. The topological polar surface area (TPSA) is 50.2 Å². The molecule has 84 valence electrons. The summed E-state index contributed by atoms with van der Waals surface area (Å²) in [6, 6.07) is 1.73. The number of aryl methyl sites for hydroxylation is 1. The Morgan fingerprint density at radius 3 is 2.93 bits per heavy atom. The number of nitrogens with zero attached hydrogens (tertiary/aromatic N) is 3. The molecule has 0 fully saturated rings. The summed E-state index contributed by atoms with van der Waals surface area (Å²) >= 11 is 0. The highest BCUT2D eigenvalue weighted by molar-refractivity contribution is 5.92. The van der Waals surface area contributed by atoms with Gasteiger partial charge in [0, 0.05) is 26.8 Å². The number of hydrogen-bond acceptors (Lipinski definition) is 3. The van der Waals surface area contributed by atoms with Gasteiger partial charge in [-0.05, 0) is 26.1 Å². The molecular weight excluding hydrogens is 192 g/mol. The van der Waals surface area contributed by atoms with E-state index in [4.69, 9.17) is 0 Å². The summed E-state index contributed by atoms with van der Waals surface area (Å²) in [6.07, 6.45) is 2.59. The SMILES string of the molecule is CNCCCN(C)C(=O)c1ccnn1C. The van der Waals surface area contributed by atoms with E-state index in [1.165, 1.54) is 0 Å². The molecule has 1 aromatic heterocycles. The fraction of sp³-hybridized carbons (Fsp3) is 0.600. The van der Waals surface area contributed by atoms with Gasteiger partial charge < -0.3 is 10.2 Å². The molecule has 15 heavy (non-hydrogen) atoms. The Morgan fingerprint density at radius 2 is 2.40 bits per heavy atom. The zero-order chi connectivity index (χ0) is 11.3. The molecule has 5 nitrogen and oxygen atoms in total. The molecule has 5 heteroatoms. The maximum atomic E-state index is 11.9. The Morgan fingerprint density at radius 1 is 1.67 bits per heavy atom. The second-order valence-corrected chi connectivity index (χ2v) is 3.52. The van der Waals surface area contributed by atoms with Crippen molar-refractivity contribution in [1.82, 2.24) is 20.0 Å². The second-order valence-electron chi connectivity index (χ2n) is 3.52. The molecule has 0 saturated carbocycles. The molecule has 0 aliphatic carbocycles. The fourth-order valence-corrected chi connectivity index (χ4v) is 1.37. The van der Waals surface area contributed by atoms with Gasteiger partial charge in [0.15, 0.2) is 0 Å². The number of carbonyl (C=O) groups is 1. The van der Waals surface area contributed by atoms with Crippen LogP contribution in [0.15, 0.2) is 12.3 Å². The van der Waals surface area contributed by atoms with E-state index in [9.17, 15) is 4.79 Å². The third-order valence-corrected chi connectivity index (χ3v) is 2.31. The van der Waals surface area contributed by atoms with Crippen LogP contribution in [-0.2, 0) is 7.05 Å². The third-order valence-electron chi connectivity index (χ3n) is 2.31. The largest absolute Gasteiger partial charge is 0.340 e. The van der Waals surface area contributed by atoms with Gasteiger partial charge in [-0.1, -0.05) is 0 Å². The maximum absolute atomic E-state index is 11.9. The van der Waals surface area contributed by atoms with Crippen LogP contribution in [0.5, 0.6) is 0 Å². The number of amides is 1. The summed E-state index contributed by atoms with van der Waals surface area (Å²) in [4.78, 5) is 13.6. The van der Waals surface area contributed by atoms with Crippen molar-refractivity contribution in [2.45, 2.75) is 6.42 Å². The van der Waals surface area contributed by atoms with Gasteiger partial charge in [-0.3, -0.25) is 9.48 Å². The highest BCUT2D eigenvalue weighted by Gasteiger charge is 2.13. The van der Waals surface area contributed by atoms with E-state index in [1.807, 2.05) is 14.1 Å². The van der Waals surface area contributed by atoms with E-state index in [0.717, 1.165) is 19.5 Å². The van der Waals surface area contributed by atoms with Crippen LogP contribution in [0.4, 0.5) is 0 Å². The van der Waals surface area contributed by atoms with Crippen molar-refractivity contribution >= 4 is 5.91 Å². The Labute approximate surface area is 90.1 Å². The van der Waals surface area contributed by atoms with Crippen molar-refractivity contribution in [2.75, 3.05) is 27.2 Å². The van der Waals surface area contributed by atoms with Crippen LogP contribution in [0.1, 0.15) is 16.9 Å². The first kappa shape index (κ1) is 11.7. The number of nitrogens with one attached hydrogen (secondary N) is 1. The predicted octanol–water partition coefficient (Wildman–Crippen LogP) is 0.102. The lowest BCUT2D eigenvalue weighted by Crippen LogP contribution is -2.30. The average molecular weight is 210 g/mol. The van der Waals surface area contributed by atoms with Gasteiger partial charge >= 0.3 is 0 Å². The van der Waals surface area contributed by atoms with E-state index in [0.29, 0.717) is 5.69 Å². The standard InChI is InChI=1S/C10H18N4O/c1-11-6-4-8-13(2)10(15)9-5-7-12-14(9)3/h5,7,11H,4,6,8H2,1-3H3. The molecule has 0 aliphatic rings. The van der Waals surface area contributed by atoms with Crippen molar-refractivity contribution in [3.05, 3.63) is 18.0 Å². The van der Waals surface area contributed by atoms with Gasteiger partial charge in [0.2, 0.25) is 0 Å². The van der Waals surface area contributed by atoms with Gasteiger partial charge in [0.25, 0.3) is 5.91 Å². The Balaban J connectivity index is 2.50. The minimum absolute atomic E-state index is 0.0195. The molecule has 0 bridgehead atoms. The van der Waals surface area contributed by atoms with E-state index in [1.54, 1.807) is 28.9 Å². The van der Waals surface area contributed by atoms with Crippen LogP contribution in [0, 0.1) is 0 Å². The van der Waals surface area contributed by atoms with Crippen LogP contribution in [0.3, 0.4) is 0 Å². The highest BCUT2D eigenvalue weighted by atomic mass is 16.2. The van der Waals surface area contributed by atoms with Gasteiger partial charge in [-0.2, -0.15) is 5.10 Å². The van der Waals surface area contributed by atoms with E-state index in [2.05, 4.69) is 10.4 Å². The Bertz CT molecular complexity index is 321. The lowest BCUT2D eigenvalue weighted by atomic mass is 10.3. The van der Waals surface area contributed by atoms with E-state index >= 15 is 0 Å². The highest BCUT2D eigenvalue weighted by Crippen LogP contribution is 2.01. The maximum Gasteiger partial charge on any atom is 0.271 e. The van der Waals surface area contributed by atoms with Crippen molar-refractivity contribution < 1.29 is 4.79 Å². The predicted molar refractivity (Wildman–Crippen MR) is 58.7 cm³/mol. The molecule has 0 unspecified atom stereocenters. The average Bonchev–Trinajstić information content (AvgIpc) is 2.63. The molecule has 0 aliphatic heterocycles. The zero-order valence-electron chi connectivity index (χ0n) is 9.53. The molecular formula is C10H18N4O. The minimum atomic E-state index is 0.0195. The first-order valence-corrected chi connectivity index (χ1v) is 5.05. The van der Waals surface area contributed by atoms with E-state index < -0.39 is 0 Å². The van der Waals surface area contributed by atoms with Crippen LogP contribution in [0.25, 0.3) is 0 Å². The molecule has 0 spiro atoms. The second kappa shape index (κ2) is 5.50. The van der Waals surface area contributed by atoms with Crippen molar-refractivity contribution in [3.63, 3.8) is 0 Å². The number of aromatic nitrogens is 2. The molecule has 1 amide bonds. The number of rotatable bonds is 5. The van der Waals surface area contributed by atoms with Gasteiger partial charge in [-0.25, -0.2) is 0 Å². The van der Waals surface area contributed by atoms with Crippen LogP contribution in [0.2, 0.25) is 0 Å². The Hall–Kier alpha value is -1.36. The Kier molecular flexibility index (Phi) is 4.30. The van der Waals surface area contributed by atoms with Crippen molar-refractivity contribution in [3.8, 4) is 0 Å². The zero-order valence-corrected chi connectivity index (χ0v) is 9.53. The molecule has 1 rings (SSSR count). The molecule has 0 atom stereocenters. The number of carbonyl (C=O) groups excluding carboxylic acids is 1. The monoisotopic (exact) mass is 210 g/mol. The van der Waals surface area contributed by atoms with Crippen LogP contribution < -0.4 is 5.32 Å². The van der Waals surface area contributed by atoms with Gasteiger partial charge in [-0.15, -0.1) is 0 Å². The van der Waals surface area contributed by atoms with Crippen molar-refractivity contribution in [1.29, 1.82) is 0 Å². The summed E-state index contributed by atoms with van der Waals surface area (Å²) in [5, 5.41) is 7.03. The molecule has 1 heterocycles. The normalized spacial score (nSPS) is 10.3. The molecule has 1 N–H and O–H groups in total. The number of hydrogen-bond donors (Lipinski definition) is 1. The first-order valence-electron chi connectivity index (χ1n) is 5.05. The quantitative estimate of drug-likeness (QED) is 0.701. The van der Waals surface area contributed by atoms with Gasteiger partial charge in [0.1, 0.15) is 5.69 Å². The molecule has 0 saturated heterocycles. The lowest BCUT2D eigenvalue weighted by Gasteiger charge is -2.16. The van der Waals surface area contributed by atoms with Crippen LogP contribution >= 0.6 is 0 Å². The minimum Gasteiger partial charge on any atom is -0.340 e. The fourth-order valence-electron chi connectivity index (χ4n) is 1.37. The lowest BCUT2D eigenvalue weighted by molar-refractivity contribution is 0.0783. The summed E-state index contributed by atoms with van der Waals surface area (Å²) in [5.41, 5.74) is 0.627. The molecule has 0 aromatic carbocycles. The van der Waals surface area contributed by atoms with Crippen molar-refractivity contribution in [2.24, 2.45) is 7.05 Å². The molecule has 1 aromatic rings. The summed E-state index contributed by atoms with van der Waals surface area (Å²) in [6.45, 7) is 1.67. The van der Waals surface area contributed by atoms with Crippen LogP contribution in [-0.4, -0.2) is 47.8 Å².